The van der Waals surface area contributed by atoms with Crippen molar-refractivity contribution >= 4 is 20.6 Å². The van der Waals surface area contributed by atoms with Crippen LogP contribution in [-0.4, -0.2) is 41.1 Å². The minimum atomic E-state index is -2.31. The van der Waals surface area contributed by atoms with Crippen LogP contribution in [0.25, 0.3) is 0 Å². The molecule has 1 aliphatic heterocycles. The molecule has 2 atom stereocenters. The lowest BCUT2D eigenvalue weighted by molar-refractivity contribution is -0.143. The molecule has 2 rings (SSSR count). The van der Waals surface area contributed by atoms with Crippen LogP contribution in [0.2, 0.25) is 18.1 Å². The Hall–Kier alpha value is -2.32. The quantitative estimate of drug-likeness (QED) is 0.245. The smallest absolute Gasteiger partial charge is 0.302 e. The molecule has 0 N–H and O–H groups in total. The van der Waals surface area contributed by atoms with Crippen LogP contribution in [0.4, 0.5) is 0 Å². The molecule has 0 bridgehead atoms. The number of aldehydes is 1. The van der Waals surface area contributed by atoms with Crippen molar-refractivity contribution in [3.05, 3.63) is 29.8 Å². The molecule has 0 saturated carbocycles. The SMILES string of the molecule is C=C(C=O)[C@@H](COC(C)=O)[C@H](O[Si](C)(C)C(C)(C)C)c1cc2c(cc1OC)OCO2. The number of benzene rings is 1. The van der Waals surface area contributed by atoms with Gasteiger partial charge in [-0.2, -0.15) is 0 Å². The number of hydrogen-bond acceptors (Lipinski definition) is 7. The molecule has 0 spiro atoms. The first kappa shape index (κ1) is 24.0. The second-order valence-corrected chi connectivity index (χ2v) is 13.6. The van der Waals surface area contributed by atoms with E-state index in [0.717, 1.165) is 0 Å². The van der Waals surface area contributed by atoms with Crippen LogP contribution >= 0.6 is 0 Å². The van der Waals surface area contributed by atoms with E-state index in [1.54, 1.807) is 19.2 Å². The molecule has 7 nitrogen and oxygen atoms in total. The van der Waals surface area contributed by atoms with Crippen LogP contribution in [0.15, 0.2) is 24.3 Å². The van der Waals surface area contributed by atoms with Gasteiger partial charge in [-0.3, -0.25) is 9.59 Å². The van der Waals surface area contributed by atoms with Crippen LogP contribution in [-0.2, 0) is 18.8 Å². The summed E-state index contributed by atoms with van der Waals surface area (Å²) in [5, 5.41) is -0.0939. The Labute approximate surface area is 179 Å². The van der Waals surface area contributed by atoms with E-state index in [2.05, 4.69) is 40.4 Å². The molecule has 1 aromatic rings. The minimum absolute atomic E-state index is 0.0379. The van der Waals surface area contributed by atoms with Crippen LogP contribution in [0.1, 0.15) is 39.4 Å². The Morgan fingerprint density at radius 3 is 2.37 bits per heavy atom. The average molecular weight is 437 g/mol. The molecule has 0 unspecified atom stereocenters. The highest BCUT2D eigenvalue weighted by Crippen LogP contribution is 2.47. The van der Waals surface area contributed by atoms with Crippen molar-refractivity contribution in [3.63, 3.8) is 0 Å². The number of carbonyl (C=O) groups is 2. The summed E-state index contributed by atoms with van der Waals surface area (Å²) in [6, 6.07) is 3.55. The van der Waals surface area contributed by atoms with Gasteiger partial charge in [0.05, 0.1) is 19.1 Å². The summed E-state index contributed by atoms with van der Waals surface area (Å²) < 4.78 is 28.7. The molecule has 1 aliphatic rings. The van der Waals surface area contributed by atoms with E-state index in [1.165, 1.54) is 6.92 Å². The highest BCUT2D eigenvalue weighted by molar-refractivity contribution is 6.74. The predicted molar refractivity (Wildman–Crippen MR) is 115 cm³/mol. The average Bonchev–Trinajstić information content (AvgIpc) is 3.11. The van der Waals surface area contributed by atoms with Gasteiger partial charge in [0.25, 0.3) is 0 Å². The lowest BCUT2D eigenvalue weighted by Gasteiger charge is -2.41. The lowest BCUT2D eigenvalue weighted by Crippen LogP contribution is -2.44. The summed E-state index contributed by atoms with van der Waals surface area (Å²) in [6.07, 6.45) is 0.0442. The first-order chi connectivity index (χ1) is 13.9. The van der Waals surface area contributed by atoms with Gasteiger partial charge >= 0.3 is 5.97 Å². The Bertz CT molecular complexity index is 810. The summed E-state index contributed by atoms with van der Waals surface area (Å²) in [7, 11) is -0.759. The van der Waals surface area contributed by atoms with E-state index < -0.39 is 26.3 Å². The van der Waals surface area contributed by atoms with Gasteiger partial charge in [0, 0.05) is 18.6 Å². The van der Waals surface area contributed by atoms with Gasteiger partial charge in [-0.05, 0) is 29.8 Å². The van der Waals surface area contributed by atoms with Crippen molar-refractivity contribution in [1.29, 1.82) is 0 Å². The Balaban J connectivity index is 2.62. The standard InChI is InChI=1S/C22H32O7Si/c1-14(11-23)17(12-26-15(2)24)21(29-30(7,8)22(3,4)5)16-9-19-20(28-13-27-19)10-18(16)25-6/h9-11,17,21H,1,12-13H2,2-8H3/t17-,21-/m1/s1. The molecule has 0 fully saturated rings. The number of fused-ring (bicyclic) bond motifs is 1. The Morgan fingerprint density at radius 2 is 1.87 bits per heavy atom. The molecular weight excluding hydrogens is 404 g/mol. The van der Waals surface area contributed by atoms with Gasteiger partial charge < -0.3 is 23.4 Å². The van der Waals surface area contributed by atoms with Crippen molar-refractivity contribution in [2.24, 2.45) is 5.92 Å². The second-order valence-electron chi connectivity index (χ2n) is 8.85. The van der Waals surface area contributed by atoms with E-state index in [9.17, 15) is 9.59 Å². The van der Waals surface area contributed by atoms with E-state index >= 15 is 0 Å². The second kappa shape index (κ2) is 9.22. The van der Waals surface area contributed by atoms with Gasteiger partial charge in [-0.25, -0.2) is 0 Å². The molecule has 30 heavy (non-hydrogen) atoms. The zero-order valence-electron chi connectivity index (χ0n) is 18.9. The molecule has 0 aliphatic carbocycles. The first-order valence-corrected chi connectivity index (χ1v) is 12.7. The fourth-order valence-corrected chi connectivity index (χ4v) is 4.16. The van der Waals surface area contributed by atoms with Crippen LogP contribution in [0.5, 0.6) is 17.2 Å². The number of ether oxygens (including phenoxy) is 4. The van der Waals surface area contributed by atoms with Crippen molar-refractivity contribution in [2.75, 3.05) is 20.5 Å². The number of rotatable bonds is 9. The summed E-state index contributed by atoms with van der Waals surface area (Å²) in [6.45, 7) is 15.9. The molecule has 0 radical (unpaired) electrons. The normalized spacial score (nSPS) is 15.3. The van der Waals surface area contributed by atoms with Gasteiger partial charge in [0.1, 0.15) is 18.6 Å². The summed E-state index contributed by atoms with van der Waals surface area (Å²) >= 11 is 0. The molecule has 8 heteroatoms. The number of hydrogen-bond donors (Lipinski definition) is 0. The summed E-state index contributed by atoms with van der Waals surface area (Å²) in [4.78, 5) is 23.2. The molecule has 1 heterocycles. The van der Waals surface area contributed by atoms with Crippen molar-refractivity contribution in [1.82, 2.24) is 0 Å². The molecule has 0 saturated heterocycles. The fourth-order valence-electron chi connectivity index (χ4n) is 2.88. The van der Waals surface area contributed by atoms with Gasteiger partial charge in [0.15, 0.2) is 19.8 Å². The summed E-state index contributed by atoms with van der Waals surface area (Å²) in [5.74, 6) is 0.650. The van der Waals surface area contributed by atoms with Crippen LogP contribution < -0.4 is 14.2 Å². The third kappa shape index (κ3) is 5.23. The van der Waals surface area contributed by atoms with E-state index in [0.29, 0.717) is 29.1 Å². The number of methoxy groups -OCH3 is 1. The number of carbonyl (C=O) groups excluding carboxylic acids is 2. The molecule has 0 aromatic heterocycles. The van der Waals surface area contributed by atoms with Crippen molar-refractivity contribution in [3.8, 4) is 17.2 Å². The highest BCUT2D eigenvalue weighted by atomic mass is 28.4. The third-order valence-electron chi connectivity index (χ3n) is 5.72. The van der Waals surface area contributed by atoms with E-state index in [1.807, 2.05) is 0 Å². The van der Waals surface area contributed by atoms with Gasteiger partial charge in [-0.1, -0.05) is 27.4 Å². The third-order valence-corrected chi connectivity index (χ3v) is 10.2. The molecule has 0 amide bonds. The Kier molecular flexibility index (Phi) is 7.36. The van der Waals surface area contributed by atoms with Crippen molar-refractivity contribution in [2.45, 2.75) is 51.9 Å². The molecular formula is C22H32O7Si. The summed E-state index contributed by atoms with van der Waals surface area (Å²) in [5.41, 5.74) is 0.964. The maximum atomic E-state index is 11.7. The lowest BCUT2D eigenvalue weighted by atomic mass is 9.90. The van der Waals surface area contributed by atoms with Crippen LogP contribution in [0, 0.1) is 5.92 Å². The highest BCUT2D eigenvalue weighted by Gasteiger charge is 2.43. The molecule has 1 aromatic carbocycles. The van der Waals surface area contributed by atoms with Crippen LogP contribution in [0.3, 0.4) is 0 Å². The fraction of sp³-hybridized carbons (Fsp3) is 0.545. The molecule has 166 valence electrons. The van der Waals surface area contributed by atoms with Gasteiger partial charge in [0.2, 0.25) is 6.79 Å². The minimum Gasteiger partial charge on any atom is -0.496 e. The van der Waals surface area contributed by atoms with Gasteiger partial charge in [-0.15, -0.1) is 0 Å². The number of esters is 1. The maximum absolute atomic E-state index is 11.7. The van der Waals surface area contributed by atoms with E-state index in [4.69, 9.17) is 23.4 Å². The monoisotopic (exact) mass is 436 g/mol. The Morgan fingerprint density at radius 1 is 1.27 bits per heavy atom. The van der Waals surface area contributed by atoms with Crippen molar-refractivity contribution < 1.29 is 33.0 Å². The predicted octanol–water partition coefficient (Wildman–Crippen LogP) is 4.42. The maximum Gasteiger partial charge on any atom is 0.302 e. The zero-order valence-corrected chi connectivity index (χ0v) is 19.9. The first-order valence-electron chi connectivity index (χ1n) is 9.84. The topological polar surface area (TPSA) is 80.3 Å². The van der Waals surface area contributed by atoms with E-state index in [-0.39, 0.29) is 24.0 Å². The zero-order chi connectivity index (χ0) is 22.7. The largest absolute Gasteiger partial charge is 0.496 e.